The summed E-state index contributed by atoms with van der Waals surface area (Å²) in [5, 5.41) is 13.5. The number of nitrogens with one attached hydrogen (secondary N) is 1. The topological polar surface area (TPSA) is 75.6 Å². The zero-order chi connectivity index (χ0) is 22.5. The number of allylic oxidation sites excluding steroid dienone is 4. The number of carboxylic acids is 1. The normalized spacial score (nSPS) is 16.0. The van der Waals surface area contributed by atoms with Crippen LogP contribution in [-0.4, -0.2) is 30.6 Å². The third-order valence-electron chi connectivity index (χ3n) is 4.96. The predicted octanol–water partition coefficient (Wildman–Crippen LogP) is 5.96. The van der Waals surface area contributed by atoms with Crippen molar-refractivity contribution in [2.24, 2.45) is 5.92 Å². The lowest BCUT2D eigenvalue weighted by Gasteiger charge is -2.22. The second-order valence-electron chi connectivity index (χ2n) is 7.03. The second-order valence-corrected chi connectivity index (χ2v) is 8.33. The molecule has 1 amide bonds. The van der Waals surface area contributed by atoms with Gasteiger partial charge in [0.2, 0.25) is 0 Å². The van der Waals surface area contributed by atoms with Crippen LogP contribution in [0.4, 0.5) is 0 Å². The first kappa shape index (κ1) is 23.2. The Morgan fingerprint density at radius 3 is 2.45 bits per heavy atom. The first-order chi connectivity index (χ1) is 14.8. The number of hydrogen-bond donors (Lipinski definition) is 2. The molecule has 0 saturated heterocycles. The second kappa shape index (κ2) is 10.2. The van der Waals surface area contributed by atoms with Crippen molar-refractivity contribution in [3.8, 4) is 5.75 Å². The average molecular weight is 481 g/mol. The van der Waals surface area contributed by atoms with Gasteiger partial charge in [-0.25, -0.2) is 4.79 Å². The molecule has 3 rings (SSSR count). The lowest BCUT2D eigenvalue weighted by molar-refractivity contribution is 0.0696. The van der Waals surface area contributed by atoms with Crippen LogP contribution in [0.25, 0.3) is 5.57 Å². The number of aromatic carboxylic acids is 1. The van der Waals surface area contributed by atoms with Crippen LogP contribution in [0.1, 0.15) is 39.1 Å². The van der Waals surface area contributed by atoms with Crippen LogP contribution in [0.3, 0.4) is 0 Å². The Balaban J connectivity index is 1.62. The first-order valence-electron chi connectivity index (χ1n) is 9.52. The summed E-state index contributed by atoms with van der Waals surface area (Å²) in [6.45, 7) is 0.423. The lowest BCUT2D eigenvalue weighted by Crippen LogP contribution is -2.26. The highest BCUT2D eigenvalue weighted by Gasteiger charge is 2.22. The highest BCUT2D eigenvalue weighted by Crippen LogP contribution is 2.40. The number of ether oxygens (including phenoxy) is 1. The molecule has 0 spiro atoms. The van der Waals surface area contributed by atoms with Crippen LogP contribution >= 0.6 is 34.8 Å². The highest BCUT2D eigenvalue weighted by molar-refractivity contribution is 6.42. The minimum absolute atomic E-state index is 0.0589. The van der Waals surface area contributed by atoms with Gasteiger partial charge in [0.25, 0.3) is 5.91 Å². The van der Waals surface area contributed by atoms with Gasteiger partial charge in [-0.1, -0.05) is 53.0 Å². The van der Waals surface area contributed by atoms with Gasteiger partial charge in [-0.15, -0.1) is 0 Å². The van der Waals surface area contributed by atoms with Crippen molar-refractivity contribution in [1.29, 1.82) is 0 Å². The minimum Gasteiger partial charge on any atom is -0.496 e. The molecule has 0 saturated carbocycles. The summed E-state index contributed by atoms with van der Waals surface area (Å²) in [6.07, 6.45) is 3.14. The van der Waals surface area contributed by atoms with Crippen molar-refractivity contribution in [3.63, 3.8) is 0 Å². The number of hydrogen-bond acceptors (Lipinski definition) is 3. The number of rotatable bonds is 7. The Morgan fingerprint density at radius 2 is 1.84 bits per heavy atom. The molecule has 0 aliphatic heterocycles. The molecule has 0 fully saturated rings. The van der Waals surface area contributed by atoms with Crippen LogP contribution in [0, 0.1) is 5.92 Å². The van der Waals surface area contributed by atoms with E-state index >= 15 is 0 Å². The molecule has 5 nitrogen and oxygen atoms in total. The number of benzene rings is 2. The van der Waals surface area contributed by atoms with Crippen LogP contribution in [0.15, 0.2) is 58.6 Å². The third-order valence-corrected chi connectivity index (χ3v) is 5.85. The third kappa shape index (κ3) is 5.62. The lowest BCUT2D eigenvalue weighted by atomic mass is 9.90. The molecule has 0 aromatic heterocycles. The van der Waals surface area contributed by atoms with Gasteiger partial charge in [-0.3, -0.25) is 4.79 Å². The van der Waals surface area contributed by atoms with Crippen molar-refractivity contribution in [1.82, 2.24) is 5.32 Å². The molecular weight excluding hydrogens is 461 g/mol. The van der Waals surface area contributed by atoms with Gasteiger partial charge in [0, 0.05) is 27.2 Å². The molecule has 162 valence electrons. The number of methoxy groups -OCH3 is 1. The fourth-order valence-corrected chi connectivity index (χ4v) is 4.43. The molecule has 8 heteroatoms. The van der Waals surface area contributed by atoms with Gasteiger partial charge in [0.05, 0.1) is 18.2 Å². The summed E-state index contributed by atoms with van der Waals surface area (Å²) in [5.74, 6) is -0.754. The quantitative estimate of drug-likeness (QED) is 0.513. The van der Waals surface area contributed by atoms with E-state index in [1.54, 1.807) is 30.3 Å². The van der Waals surface area contributed by atoms with E-state index in [2.05, 4.69) is 5.32 Å². The SMILES string of the molecule is COc1ccc(Cl)cc1C(=O)NCCC1C=C(Cl)C(c2ccc(C(=O)O)cc2)=C(Cl)C1. The van der Waals surface area contributed by atoms with E-state index in [0.717, 1.165) is 5.56 Å². The molecule has 1 aliphatic rings. The monoisotopic (exact) mass is 479 g/mol. The maximum atomic E-state index is 12.5. The fourth-order valence-electron chi connectivity index (χ4n) is 3.39. The molecule has 0 radical (unpaired) electrons. The average Bonchev–Trinajstić information content (AvgIpc) is 2.73. The molecule has 1 atom stereocenters. The number of halogens is 3. The van der Waals surface area contributed by atoms with E-state index in [1.807, 2.05) is 6.08 Å². The standard InChI is InChI=1S/C23H20Cl3NO4/c1-31-20-7-6-16(24)12-17(20)22(28)27-9-8-13-10-18(25)21(19(26)11-13)14-2-4-15(5-3-14)23(29)30/h2-7,10,12-13H,8-9,11H2,1H3,(H,27,28)(H,29,30). The van der Waals surface area contributed by atoms with Crippen molar-refractivity contribution in [2.45, 2.75) is 12.8 Å². The molecular formula is C23H20Cl3NO4. The molecule has 2 aromatic carbocycles. The van der Waals surface area contributed by atoms with E-state index in [1.165, 1.54) is 19.2 Å². The summed E-state index contributed by atoms with van der Waals surface area (Å²) in [4.78, 5) is 23.5. The smallest absolute Gasteiger partial charge is 0.335 e. The predicted molar refractivity (Wildman–Crippen MR) is 123 cm³/mol. The van der Waals surface area contributed by atoms with Crippen LogP contribution in [0.2, 0.25) is 5.02 Å². The van der Waals surface area contributed by atoms with Gasteiger partial charge in [-0.2, -0.15) is 0 Å². The Morgan fingerprint density at radius 1 is 1.13 bits per heavy atom. The number of carboxylic acid groups (broad SMARTS) is 1. The Bertz CT molecular complexity index is 1060. The van der Waals surface area contributed by atoms with Crippen LogP contribution < -0.4 is 10.1 Å². The van der Waals surface area contributed by atoms with Gasteiger partial charge in [0.15, 0.2) is 0 Å². The maximum absolute atomic E-state index is 12.5. The van der Waals surface area contributed by atoms with Crippen molar-refractivity contribution in [2.75, 3.05) is 13.7 Å². The van der Waals surface area contributed by atoms with E-state index in [9.17, 15) is 9.59 Å². The van der Waals surface area contributed by atoms with Crippen molar-refractivity contribution >= 4 is 52.3 Å². The number of carbonyl (C=O) groups excluding carboxylic acids is 1. The summed E-state index contributed by atoms with van der Waals surface area (Å²) in [6, 6.07) is 11.3. The summed E-state index contributed by atoms with van der Waals surface area (Å²) in [5.41, 5.74) is 2.03. The molecule has 31 heavy (non-hydrogen) atoms. The Hall–Kier alpha value is -2.47. The van der Waals surface area contributed by atoms with Gasteiger partial charge in [-0.05, 0) is 54.7 Å². The van der Waals surface area contributed by atoms with E-state index in [0.29, 0.717) is 51.4 Å². The van der Waals surface area contributed by atoms with E-state index in [4.69, 9.17) is 44.6 Å². The molecule has 0 heterocycles. The van der Waals surface area contributed by atoms with Gasteiger partial charge in [0.1, 0.15) is 5.75 Å². The summed E-state index contributed by atoms with van der Waals surface area (Å²) >= 11 is 19.0. The molecule has 2 aromatic rings. The first-order valence-corrected chi connectivity index (χ1v) is 10.7. The zero-order valence-corrected chi connectivity index (χ0v) is 18.9. The van der Waals surface area contributed by atoms with Crippen LogP contribution in [-0.2, 0) is 0 Å². The molecule has 2 N–H and O–H groups in total. The minimum atomic E-state index is -0.991. The molecule has 1 unspecified atom stereocenters. The molecule has 0 bridgehead atoms. The fraction of sp³-hybridized carbons (Fsp3) is 0.217. The Labute approximate surface area is 195 Å². The van der Waals surface area contributed by atoms with Crippen molar-refractivity contribution < 1.29 is 19.4 Å². The van der Waals surface area contributed by atoms with Gasteiger partial charge >= 0.3 is 5.97 Å². The maximum Gasteiger partial charge on any atom is 0.335 e. The molecule has 1 aliphatic carbocycles. The highest BCUT2D eigenvalue weighted by atomic mass is 35.5. The van der Waals surface area contributed by atoms with E-state index < -0.39 is 5.97 Å². The van der Waals surface area contributed by atoms with Gasteiger partial charge < -0.3 is 15.2 Å². The van der Waals surface area contributed by atoms with E-state index in [-0.39, 0.29) is 17.4 Å². The number of amides is 1. The summed E-state index contributed by atoms with van der Waals surface area (Å²) < 4.78 is 5.22. The number of carbonyl (C=O) groups is 2. The Kier molecular flexibility index (Phi) is 7.65. The largest absolute Gasteiger partial charge is 0.496 e. The van der Waals surface area contributed by atoms with Crippen molar-refractivity contribution in [3.05, 3.63) is 80.3 Å². The van der Waals surface area contributed by atoms with Crippen LogP contribution in [0.5, 0.6) is 5.75 Å². The zero-order valence-electron chi connectivity index (χ0n) is 16.6. The summed E-state index contributed by atoms with van der Waals surface area (Å²) in [7, 11) is 1.50.